The fourth-order valence-corrected chi connectivity index (χ4v) is 5.07. The number of imidazole rings is 1. The van der Waals surface area contributed by atoms with Crippen LogP contribution in [0.15, 0.2) is 18.7 Å². The van der Waals surface area contributed by atoms with Gasteiger partial charge in [-0.1, -0.05) is 45.4 Å². The van der Waals surface area contributed by atoms with Crippen LogP contribution in [0.25, 0.3) is 0 Å². The van der Waals surface area contributed by atoms with E-state index in [-0.39, 0.29) is 0 Å². The van der Waals surface area contributed by atoms with Crippen molar-refractivity contribution in [1.82, 2.24) is 4.57 Å². The Morgan fingerprint density at radius 1 is 0.920 bits per heavy atom. The molecule has 0 amide bonds. The first-order valence-corrected chi connectivity index (χ1v) is 12.2. The number of hydrogen-bond acceptors (Lipinski definition) is 2. The van der Waals surface area contributed by atoms with Crippen molar-refractivity contribution in [1.29, 1.82) is 0 Å². The molecule has 0 unspecified atom stereocenters. The zero-order chi connectivity index (χ0) is 18.9. The predicted octanol–water partition coefficient (Wildman–Crippen LogP) is 2.60. The number of hydrogen-bond donors (Lipinski definition) is 4. The molecule has 146 valence electrons. The van der Waals surface area contributed by atoms with Crippen molar-refractivity contribution >= 4 is 15.2 Å². The van der Waals surface area contributed by atoms with Gasteiger partial charge in [0.05, 0.1) is 6.54 Å². The summed E-state index contributed by atoms with van der Waals surface area (Å²) in [5, 5.41) is -2.01. The summed E-state index contributed by atoms with van der Waals surface area (Å²) in [5.41, 5.74) is 0. The van der Waals surface area contributed by atoms with E-state index in [2.05, 4.69) is 6.92 Å². The van der Waals surface area contributed by atoms with Gasteiger partial charge in [-0.2, -0.15) is 0 Å². The number of nitrogens with zero attached hydrogens (tertiary/aromatic N) is 2. The molecule has 0 aromatic carbocycles. The molecule has 0 spiro atoms. The lowest BCUT2D eigenvalue weighted by Gasteiger charge is -2.17. The summed E-state index contributed by atoms with van der Waals surface area (Å²) in [5.74, 6) is 0. The smallest absolute Gasteiger partial charge is 0.324 e. The lowest BCUT2D eigenvalue weighted by Crippen LogP contribution is -2.38. The van der Waals surface area contributed by atoms with Crippen molar-refractivity contribution in [2.45, 2.75) is 76.8 Å². The lowest BCUT2D eigenvalue weighted by atomic mass is 10.1. The van der Waals surface area contributed by atoms with Gasteiger partial charge in [-0.25, -0.2) is 9.13 Å². The monoisotopic (exact) mass is 397 g/mol. The molecular weight excluding hydrogens is 366 g/mol. The van der Waals surface area contributed by atoms with E-state index in [0.29, 0.717) is 0 Å². The van der Waals surface area contributed by atoms with Crippen LogP contribution in [0, 0.1) is 0 Å². The minimum atomic E-state index is -4.89. The zero-order valence-corrected chi connectivity index (χ0v) is 16.6. The number of rotatable bonds is 13. The molecule has 0 atom stereocenters. The maximum Gasteiger partial charge on any atom is 0.344 e. The molecule has 0 radical (unpaired) electrons. The Balaban J connectivity index is 2.38. The van der Waals surface area contributed by atoms with Crippen molar-refractivity contribution in [2.75, 3.05) is 0 Å². The third-order valence-corrected chi connectivity index (χ3v) is 7.85. The van der Waals surface area contributed by atoms with Gasteiger partial charge in [0.1, 0.15) is 18.9 Å². The molecule has 1 rings (SSSR count). The molecule has 8 nitrogen and oxygen atoms in total. The average molecular weight is 397 g/mol. The molecular formula is C15H31N2O6P2+. The normalized spacial score (nSPS) is 12.9. The van der Waals surface area contributed by atoms with E-state index in [1.54, 1.807) is 18.7 Å². The van der Waals surface area contributed by atoms with Crippen LogP contribution >= 0.6 is 15.2 Å². The van der Waals surface area contributed by atoms with Crippen molar-refractivity contribution in [3.8, 4) is 0 Å². The van der Waals surface area contributed by atoms with Crippen LogP contribution in [-0.4, -0.2) is 29.5 Å². The highest BCUT2D eigenvalue weighted by atomic mass is 31.2. The van der Waals surface area contributed by atoms with Crippen LogP contribution in [0.1, 0.15) is 58.3 Å². The second-order valence-corrected chi connectivity index (χ2v) is 10.5. The fourth-order valence-electron chi connectivity index (χ4n) is 2.70. The van der Waals surface area contributed by atoms with Crippen LogP contribution < -0.4 is 4.57 Å². The quantitative estimate of drug-likeness (QED) is 0.230. The van der Waals surface area contributed by atoms with E-state index >= 15 is 0 Å². The molecule has 10 heteroatoms. The van der Waals surface area contributed by atoms with Gasteiger partial charge in [-0.05, 0) is 12.8 Å². The van der Waals surface area contributed by atoms with E-state index in [9.17, 15) is 9.13 Å². The van der Waals surface area contributed by atoms with Gasteiger partial charge in [-0.3, -0.25) is 9.13 Å². The van der Waals surface area contributed by atoms with Crippen LogP contribution in [-0.2, 0) is 22.2 Å². The maximum atomic E-state index is 11.3. The van der Waals surface area contributed by atoms with Crippen molar-refractivity contribution in [2.24, 2.45) is 0 Å². The van der Waals surface area contributed by atoms with Gasteiger partial charge in [0.15, 0.2) is 5.40 Å². The van der Waals surface area contributed by atoms with Gasteiger partial charge < -0.3 is 19.6 Å². The summed E-state index contributed by atoms with van der Waals surface area (Å²) in [6.45, 7) is 2.56. The van der Waals surface area contributed by atoms with Crippen LogP contribution in [0.2, 0.25) is 0 Å². The predicted molar refractivity (Wildman–Crippen MR) is 95.1 cm³/mol. The second-order valence-electron chi connectivity index (χ2n) is 6.48. The topological polar surface area (TPSA) is 124 Å². The Kier molecular flexibility index (Phi) is 9.57. The number of unbranched alkanes of at least 4 members (excludes halogenated alkanes) is 7. The van der Waals surface area contributed by atoms with Crippen LogP contribution in [0.5, 0.6) is 0 Å². The Hall–Kier alpha value is -0.490. The van der Waals surface area contributed by atoms with E-state index in [1.807, 2.05) is 4.57 Å². The van der Waals surface area contributed by atoms with Gasteiger partial charge in [0.25, 0.3) is 0 Å². The highest BCUT2D eigenvalue weighted by molar-refractivity contribution is 7.70. The Morgan fingerprint density at radius 2 is 1.44 bits per heavy atom. The van der Waals surface area contributed by atoms with E-state index < -0.39 is 27.1 Å². The molecule has 0 aliphatic carbocycles. The SMILES string of the molecule is CCCCCCCCCCn1cc[n+](CC(P(=O)(O)O)P(=O)(O)O)c1. The van der Waals surface area contributed by atoms with Gasteiger partial charge in [0, 0.05) is 0 Å². The third-order valence-electron chi connectivity index (χ3n) is 4.17. The summed E-state index contributed by atoms with van der Waals surface area (Å²) in [7, 11) is -9.78. The number of aromatic nitrogens is 2. The Labute approximate surface area is 149 Å². The molecule has 25 heavy (non-hydrogen) atoms. The molecule has 1 heterocycles. The Morgan fingerprint density at radius 3 is 1.96 bits per heavy atom. The first kappa shape index (κ1) is 22.6. The lowest BCUT2D eigenvalue weighted by molar-refractivity contribution is -0.694. The highest BCUT2D eigenvalue weighted by Crippen LogP contribution is 2.59. The van der Waals surface area contributed by atoms with E-state index in [1.165, 1.54) is 43.1 Å². The summed E-state index contributed by atoms with van der Waals surface area (Å²) < 4.78 is 25.9. The van der Waals surface area contributed by atoms with Crippen LogP contribution in [0.3, 0.4) is 0 Å². The van der Waals surface area contributed by atoms with Crippen LogP contribution in [0.4, 0.5) is 0 Å². The second kappa shape index (κ2) is 10.6. The van der Waals surface area contributed by atoms with E-state index in [4.69, 9.17) is 19.6 Å². The highest BCUT2D eigenvalue weighted by Gasteiger charge is 2.45. The Bertz CT molecular complexity index is 573. The molecule has 0 aliphatic heterocycles. The molecule has 0 fully saturated rings. The molecule has 1 aromatic rings. The minimum absolute atomic E-state index is 0.418. The molecule has 0 bridgehead atoms. The maximum absolute atomic E-state index is 11.3. The first-order chi connectivity index (χ1) is 11.6. The summed E-state index contributed by atoms with van der Waals surface area (Å²) >= 11 is 0. The summed E-state index contributed by atoms with van der Waals surface area (Å²) in [4.78, 5) is 36.6. The van der Waals surface area contributed by atoms with Gasteiger partial charge >= 0.3 is 15.2 Å². The minimum Gasteiger partial charge on any atom is -0.324 e. The number of aryl methyl sites for hydroxylation is 1. The summed E-state index contributed by atoms with van der Waals surface area (Å²) in [6.07, 6.45) is 14.6. The van der Waals surface area contributed by atoms with Gasteiger partial charge in [0.2, 0.25) is 6.33 Å². The average Bonchev–Trinajstić information content (AvgIpc) is 2.93. The molecule has 0 saturated carbocycles. The molecule has 0 aliphatic rings. The molecule has 0 saturated heterocycles. The van der Waals surface area contributed by atoms with Crippen molar-refractivity contribution in [3.05, 3.63) is 18.7 Å². The molecule has 1 aromatic heterocycles. The van der Waals surface area contributed by atoms with E-state index in [0.717, 1.165) is 19.4 Å². The fraction of sp³-hybridized carbons (Fsp3) is 0.800. The first-order valence-electron chi connectivity index (χ1n) is 8.80. The zero-order valence-electron chi connectivity index (χ0n) is 14.8. The van der Waals surface area contributed by atoms with Crippen molar-refractivity contribution in [3.63, 3.8) is 0 Å². The molecule has 4 N–H and O–H groups in total. The van der Waals surface area contributed by atoms with Crippen molar-refractivity contribution < 1.29 is 33.3 Å². The third kappa shape index (κ3) is 9.13. The summed E-state index contributed by atoms with van der Waals surface area (Å²) in [6, 6.07) is 0. The standard InChI is InChI=1S/C15H30N2O6P2/c1-2-3-4-5-6-7-8-9-10-16-11-12-17(14-16)13-15(24(18,19)20)25(21,22)23/h11-12,14-15H,2-10,13H2,1H3,(H3-,18,19,20,21,22,23)/p+1. The van der Waals surface area contributed by atoms with Gasteiger partial charge in [-0.15, -0.1) is 0 Å². The largest absolute Gasteiger partial charge is 0.344 e.